The van der Waals surface area contributed by atoms with Crippen LogP contribution in [0.2, 0.25) is 0 Å². The van der Waals surface area contributed by atoms with Crippen LogP contribution in [-0.2, 0) is 0 Å². The molecule has 0 fully saturated rings. The second kappa shape index (κ2) is 7.89. The fraction of sp³-hybridized carbons (Fsp3) is 0.462. The molecular weight excluding hydrogens is 270 g/mol. The lowest BCUT2D eigenvalue weighted by molar-refractivity contribution is -0.0498. The summed E-state index contributed by atoms with van der Waals surface area (Å²) < 4.78 is 28.5. The first-order chi connectivity index (χ1) is 9.02. The van der Waals surface area contributed by atoms with Crippen molar-refractivity contribution in [3.8, 4) is 5.75 Å². The summed E-state index contributed by atoms with van der Waals surface area (Å²) in [5, 5.41) is 6.63. The first-order valence-corrected chi connectivity index (χ1v) is 6.54. The lowest BCUT2D eigenvalue weighted by Gasteiger charge is -2.13. The molecule has 0 amide bonds. The number of unbranched alkanes of at least 4 members (excludes halogenated alkanes) is 1. The summed E-state index contributed by atoms with van der Waals surface area (Å²) in [6.45, 7) is 1.91. The van der Waals surface area contributed by atoms with E-state index in [9.17, 15) is 8.78 Å². The molecule has 0 radical (unpaired) electrons. The van der Waals surface area contributed by atoms with E-state index in [0.29, 0.717) is 5.11 Å². The fourth-order valence-corrected chi connectivity index (χ4v) is 1.71. The third-order valence-electron chi connectivity index (χ3n) is 2.49. The lowest BCUT2D eigenvalue weighted by atomic mass is 10.2. The van der Waals surface area contributed by atoms with Gasteiger partial charge in [-0.3, -0.25) is 0 Å². The number of benzene rings is 1. The monoisotopic (exact) mass is 288 g/mol. The average Bonchev–Trinajstić information content (AvgIpc) is 2.32. The molecule has 0 aliphatic rings. The smallest absolute Gasteiger partial charge is 0.387 e. The molecule has 6 heteroatoms. The van der Waals surface area contributed by atoms with Gasteiger partial charge in [0, 0.05) is 12.2 Å². The Morgan fingerprint density at radius 3 is 2.74 bits per heavy atom. The van der Waals surface area contributed by atoms with Gasteiger partial charge in [0.15, 0.2) is 5.11 Å². The molecular formula is C13H18F2N2OS. The Bertz CT molecular complexity index is 427. The van der Waals surface area contributed by atoms with Crippen molar-refractivity contribution in [2.45, 2.75) is 33.3 Å². The molecule has 0 aliphatic heterocycles. The van der Waals surface area contributed by atoms with Crippen LogP contribution < -0.4 is 15.4 Å². The summed E-state index contributed by atoms with van der Waals surface area (Å²) in [6.07, 6.45) is 2.14. The van der Waals surface area contributed by atoms with E-state index in [1.54, 1.807) is 19.1 Å². The summed E-state index contributed by atoms with van der Waals surface area (Å²) in [7, 11) is 0. The molecule has 1 aromatic carbocycles. The summed E-state index contributed by atoms with van der Waals surface area (Å²) in [5.74, 6) is 0.142. The van der Waals surface area contributed by atoms with Crippen LogP contribution in [-0.4, -0.2) is 18.3 Å². The van der Waals surface area contributed by atoms with E-state index in [2.05, 4.69) is 22.3 Å². The van der Waals surface area contributed by atoms with Crippen molar-refractivity contribution < 1.29 is 13.5 Å². The number of halogens is 2. The first kappa shape index (κ1) is 15.6. The molecule has 0 aromatic heterocycles. The predicted octanol–water partition coefficient (Wildman–Crippen LogP) is 3.68. The fourth-order valence-electron chi connectivity index (χ4n) is 1.50. The second-order valence-electron chi connectivity index (χ2n) is 4.09. The summed E-state index contributed by atoms with van der Waals surface area (Å²) in [4.78, 5) is 0. The number of hydrogen-bond acceptors (Lipinski definition) is 2. The van der Waals surface area contributed by atoms with Crippen LogP contribution in [0, 0.1) is 6.92 Å². The van der Waals surface area contributed by atoms with Crippen molar-refractivity contribution >= 4 is 23.0 Å². The van der Waals surface area contributed by atoms with Crippen LogP contribution in [0.1, 0.15) is 25.3 Å². The molecule has 3 nitrogen and oxygen atoms in total. The minimum Gasteiger partial charge on any atom is -0.435 e. The highest BCUT2D eigenvalue weighted by Gasteiger charge is 2.07. The zero-order valence-electron chi connectivity index (χ0n) is 11.0. The second-order valence-corrected chi connectivity index (χ2v) is 4.50. The quantitative estimate of drug-likeness (QED) is 0.618. The minimum atomic E-state index is -2.81. The molecule has 0 saturated carbocycles. The number of anilines is 1. The molecule has 19 heavy (non-hydrogen) atoms. The van der Waals surface area contributed by atoms with Gasteiger partial charge >= 0.3 is 6.61 Å². The number of ether oxygens (including phenoxy) is 1. The van der Waals surface area contributed by atoms with Crippen molar-refractivity contribution in [3.05, 3.63) is 23.8 Å². The number of rotatable bonds is 6. The Morgan fingerprint density at radius 2 is 2.16 bits per heavy atom. The van der Waals surface area contributed by atoms with Crippen molar-refractivity contribution in [1.29, 1.82) is 0 Å². The van der Waals surface area contributed by atoms with Gasteiger partial charge in [-0.1, -0.05) is 13.3 Å². The maximum absolute atomic E-state index is 12.1. The first-order valence-electron chi connectivity index (χ1n) is 6.13. The average molecular weight is 288 g/mol. The van der Waals surface area contributed by atoms with Crippen molar-refractivity contribution in [3.63, 3.8) is 0 Å². The summed E-state index contributed by atoms with van der Waals surface area (Å²) >= 11 is 5.14. The van der Waals surface area contributed by atoms with Crippen LogP contribution in [0.5, 0.6) is 5.75 Å². The maximum atomic E-state index is 12.1. The van der Waals surface area contributed by atoms with E-state index < -0.39 is 6.61 Å². The molecule has 0 saturated heterocycles. The molecule has 2 N–H and O–H groups in total. The Hall–Kier alpha value is -1.43. The van der Waals surface area contributed by atoms with Gasteiger partial charge in [0.1, 0.15) is 5.75 Å². The largest absolute Gasteiger partial charge is 0.435 e. The molecule has 106 valence electrons. The number of aryl methyl sites for hydroxylation is 1. The van der Waals surface area contributed by atoms with Crippen molar-refractivity contribution in [2.24, 2.45) is 0 Å². The van der Waals surface area contributed by atoms with Gasteiger partial charge in [0.25, 0.3) is 0 Å². The lowest BCUT2D eigenvalue weighted by Crippen LogP contribution is -2.29. The zero-order valence-corrected chi connectivity index (χ0v) is 11.8. The zero-order chi connectivity index (χ0) is 14.3. The van der Waals surface area contributed by atoms with Gasteiger partial charge in [-0.2, -0.15) is 8.78 Å². The normalized spacial score (nSPS) is 10.4. The van der Waals surface area contributed by atoms with E-state index in [1.165, 1.54) is 6.07 Å². The van der Waals surface area contributed by atoms with Gasteiger partial charge in [0.2, 0.25) is 0 Å². The highest BCUT2D eigenvalue weighted by molar-refractivity contribution is 7.80. The molecule has 0 spiro atoms. The third-order valence-corrected chi connectivity index (χ3v) is 2.73. The van der Waals surface area contributed by atoms with Crippen LogP contribution in [0.25, 0.3) is 0 Å². The van der Waals surface area contributed by atoms with E-state index in [1.807, 2.05) is 0 Å². The molecule has 1 aromatic rings. The highest BCUT2D eigenvalue weighted by Crippen LogP contribution is 2.22. The van der Waals surface area contributed by atoms with E-state index in [-0.39, 0.29) is 5.75 Å². The van der Waals surface area contributed by atoms with E-state index in [4.69, 9.17) is 12.2 Å². The standard InChI is InChI=1S/C13H18F2N2OS/c1-3-4-7-16-13(19)17-11-6-5-10(8-9(11)2)18-12(14)15/h5-6,8,12H,3-4,7H2,1-2H3,(H2,16,17,19). The van der Waals surface area contributed by atoms with Crippen LogP contribution in [0.15, 0.2) is 18.2 Å². The van der Waals surface area contributed by atoms with Gasteiger partial charge in [-0.05, 0) is 49.3 Å². The van der Waals surface area contributed by atoms with Crippen molar-refractivity contribution in [1.82, 2.24) is 5.32 Å². The third kappa shape index (κ3) is 5.83. The van der Waals surface area contributed by atoms with E-state index >= 15 is 0 Å². The minimum absolute atomic E-state index is 0.142. The Labute approximate surface area is 117 Å². The molecule has 0 unspecified atom stereocenters. The summed E-state index contributed by atoms with van der Waals surface area (Å²) in [5.41, 5.74) is 1.56. The number of hydrogen-bond donors (Lipinski definition) is 2. The van der Waals surface area contributed by atoms with Gasteiger partial charge in [0.05, 0.1) is 0 Å². The van der Waals surface area contributed by atoms with Crippen LogP contribution in [0.3, 0.4) is 0 Å². The Balaban J connectivity index is 2.57. The SMILES string of the molecule is CCCCNC(=S)Nc1ccc(OC(F)F)cc1C. The van der Waals surface area contributed by atoms with Gasteiger partial charge in [-0.15, -0.1) is 0 Å². The maximum Gasteiger partial charge on any atom is 0.387 e. The Morgan fingerprint density at radius 1 is 1.42 bits per heavy atom. The molecule has 0 atom stereocenters. The molecule has 0 heterocycles. The molecule has 1 rings (SSSR count). The van der Waals surface area contributed by atoms with Crippen LogP contribution >= 0.6 is 12.2 Å². The van der Waals surface area contributed by atoms with Crippen LogP contribution in [0.4, 0.5) is 14.5 Å². The van der Waals surface area contributed by atoms with Gasteiger partial charge < -0.3 is 15.4 Å². The molecule has 0 aliphatic carbocycles. The predicted molar refractivity (Wildman–Crippen MR) is 76.9 cm³/mol. The highest BCUT2D eigenvalue weighted by atomic mass is 32.1. The van der Waals surface area contributed by atoms with E-state index in [0.717, 1.165) is 30.6 Å². The topological polar surface area (TPSA) is 33.3 Å². The summed E-state index contributed by atoms with van der Waals surface area (Å²) in [6, 6.07) is 4.69. The number of alkyl halides is 2. The van der Waals surface area contributed by atoms with Crippen molar-refractivity contribution in [2.75, 3.05) is 11.9 Å². The Kier molecular flexibility index (Phi) is 6.49. The molecule has 0 bridgehead atoms. The van der Waals surface area contributed by atoms with Gasteiger partial charge in [-0.25, -0.2) is 0 Å². The number of thiocarbonyl (C=S) groups is 1. The number of nitrogens with one attached hydrogen (secondary N) is 2.